The molecule has 0 aromatic heterocycles. The zero-order valence-corrected chi connectivity index (χ0v) is 24.0. The quantitative estimate of drug-likeness (QED) is 0.349. The van der Waals surface area contributed by atoms with Gasteiger partial charge in [-0.05, 0) is 92.6 Å². The van der Waals surface area contributed by atoms with Crippen molar-refractivity contribution in [1.82, 2.24) is 0 Å². The van der Waals surface area contributed by atoms with Crippen LogP contribution in [0.1, 0.15) is 61.9 Å². The average Bonchev–Trinajstić information content (AvgIpc) is 2.92. The van der Waals surface area contributed by atoms with E-state index in [0.29, 0.717) is 48.3 Å². The highest BCUT2D eigenvalue weighted by atomic mass is 35.5. The highest BCUT2D eigenvalue weighted by molar-refractivity contribution is 6.30. The highest BCUT2D eigenvalue weighted by Crippen LogP contribution is 2.45. The van der Waals surface area contributed by atoms with Crippen LogP contribution in [0, 0.1) is 11.7 Å². The number of aliphatic hydroxyl groups is 1. The summed E-state index contributed by atoms with van der Waals surface area (Å²) in [7, 11) is 1.57. The summed E-state index contributed by atoms with van der Waals surface area (Å²) in [6.07, 6.45) is 1.32. The molecular weight excluding hydrogens is 533 g/mol. The van der Waals surface area contributed by atoms with E-state index in [-0.39, 0.29) is 29.9 Å². The molecule has 8 heteroatoms. The summed E-state index contributed by atoms with van der Waals surface area (Å²) in [6.45, 7) is 6.61. The Morgan fingerprint density at radius 1 is 1.07 bits per heavy atom. The van der Waals surface area contributed by atoms with Gasteiger partial charge in [-0.3, -0.25) is 4.79 Å². The van der Waals surface area contributed by atoms with Crippen LogP contribution in [0.4, 0.5) is 10.1 Å². The maximum absolute atomic E-state index is 15.8. The van der Waals surface area contributed by atoms with Crippen molar-refractivity contribution in [1.29, 1.82) is 0 Å². The van der Waals surface area contributed by atoms with Gasteiger partial charge < -0.3 is 24.2 Å². The van der Waals surface area contributed by atoms with Crippen molar-refractivity contribution in [3.63, 3.8) is 0 Å². The lowest BCUT2D eigenvalue weighted by molar-refractivity contribution is -0.118. The molecule has 2 atom stereocenters. The number of halogens is 2. The smallest absolute Gasteiger partial charge is 0.232 e. The fourth-order valence-corrected chi connectivity index (χ4v) is 6.00. The summed E-state index contributed by atoms with van der Waals surface area (Å²) < 4.78 is 32.9. The Kier molecular flexibility index (Phi) is 8.09. The normalized spacial score (nSPS) is 19.4. The first-order chi connectivity index (χ1) is 19.1. The SMILES string of the molecule is COc1cc2c(cc1OC(C)C)[C@H](c1ccc(Cl)cc1)N(c1ccc([C@](C)(O)C3CCOCC3)c(F)c1)C(=O)C2. The van der Waals surface area contributed by atoms with E-state index in [9.17, 15) is 9.90 Å². The standard InChI is InChI=1S/C32H35ClFNO5/c1-19(2)40-29-18-25-21(15-28(29)38-4)16-30(36)35(31(25)20-5-7-23(33)8-6-20)24-9-10-26(27(34)17-24)32(3,37)22-11-13-39-14-12-22/h5-10,15,17-19,22,31,37H,11-14,16H2,1-4H3/t31-,32+/m0/s1. The zero-order valence-electron chi connectivity index (χ0n) is 23.2. The van der Waals surface area contributed by atoms with Crippen LogP contribution in [-0.2, 0) is 21.6 Å². The molecule has 3 aromatic rings. The van der Waals surface area contributed by atoms with Gasteiger partial charge in [-0.25, -0.2) is 4.39 Å². The third-order valence-electron chi connectivity index (χ3n) is 7.93. The van der Waals surface area contributed by atoms with Crippen LogP contribution in [0.5, 0.6) is 11.5 Å². The number of nitrogens with zero attached hydrogens (tertiary/aromatic N) is 1. The number of ether oxygens (including phenoxy) is 3. The molecule has 6 nitrogen and oxygen atoms in total. The molecule has 1 fully saturated rings. The summed E-state index contributed by atoms with van der Waals surface area (Å²) in [5, 5.41) is 11.9. The predicted octanol–water partition coefficient (Wildman–Crippen LogP) is 6.59. The predicted molar refractivity (Wildman–Crippen MR) is 153 cm³/mol. The first kappa shape index (κ1) is 28.4. The van der Waals surface area contributed by atoms with E-state index >= 15 is 4.39 Å². The molecule has 0 spiro atoms. The summed E-state index contributed by atoms with van der Waals surface area (Å²) in [5.41, 5.74) is 1.75. The Labute approximate surface area is 239 Å². The molecule has 1 amide bonds. The maximum atomic E-state index is 15.8. The van der Waals surface area contributed by atoms with E-state index in [1.54, 1.807) is 43.2 Å². The number of rotatable bonds is 7. The second-order valence-electron chi connectivity index (χ2n) is 11.0. The van der Waals surface area contributed by atoms with Crippen LogP contribution >= 0.6 is 11.6 Å². The van der Waals surface area contributed by atoms with Gasteiger partial charge in [-0.2, -0.15) is 0 Å². The van der Waals surface area contributed by atoms with Gasteiger partial charge in [-0.15, -0.1) is 0 Å². The van der Waals surface area contributed by atoms with Crippen LogP contribution in [0.25, 0.3) is 0 Å². The van der Waals surface area contributed by atoms with Gasteiger partial charge in [0.05, 0.1) is 31.3 Å². The Balaban J connectivity index is 1.61. The zero-order chi connectivity index (χ0) is 28.6. The molecule has 212 valence electrons. The monoisotopic (exact) mass is 567 g/mol. The average molecular weight is 568 g/mol. The summed E-state index contributed by atoms with van der Waals surface area (Å²) in [4.78, 5) is 15.4. The lowest BCUT2D eigenvalue weighted by Crippen LogP contribution is -2.41. The first-order valence-electron chi connectivity index (χ1n) is 13.6. The minimum atomic E-state index is -1.36. The Morgan fingerprint density at radius 3 is 2.40 bits per heavy atom. The molecule has 2 aliphatic rings. The molecule has 2 heterocycles. The molecule has 1 N–H and O–H groups in total. The lowest BCUT2D eigenvalue weighted by atomic mass is 9.78. The largest absolute Gasteiger partial charge is 0.493 e. The molecule has 5 rings (SSSR count). The van der Waals surface area contributed by atoms with Gasteiger partial charge in [0.2, 0.25) is 5.91 Å². The maximum Gasteiger partial charge on any atom is 0.232 e. The molecule has 3 aromatic carbocycles. The molecule has 40 heavy (non-hydrogen) atoms. The van der Waals surface area contributed by atoms with Gasteiger partial charge in [0.15, 0.2) is 11.5 Å². The van der Waals surface area contributed by atoms with Crippen LogP contribution in [0.15, 0.2) is 54.6 Å². The number of benzene rings is 3. The molecule has 0 radical (unpaired) electrons. The Bertz CT molecular complexity index is 1380. The van der Waals surface area contributed by atoms with Gasteiger partial charge in [0.25, 0.3) is 0 Å². The second-order valence-corrected chi connectivity index (χ2v) is 11.4. The van der Waals surface area contributed by atoms with Crippen molar-refractivity contribution >= 4 is 23.2 Å². The van der Waals surface area contributed by atoms with Crippen molar-refractivity contribution in [2.24, 2.45) is 5.92 Å². The van der Waals surface area contributed by atoms with Crippen molar-refractivity contribution in [2.75, 3.05) is 25.2 Å². The number of methoxy groups -OCH3 is 1. The Morgan fingerprint density at radius 2 is 1.77 bits per heavy atom. The minimum absolute atomic E-state index is 0.0904. The van der Waals surface area contributed by atoms with Crippen molar-refractivity contribution in [3.8, 4) is 11.5 Å². The fourth-order valence-electron chi connectivity index (χ4n) is 5.87. The number of amides is 1. The van der Waals surface area contributed by atoms with Gasteiger partial charge >= 0.3 is 0 Å². The van der Waals surface area contributed by atoms with Crippen LogP contribution < -0.4 is 14.4 Å². The molecule has 1 saturated heterocycles. The summed E-state index contributed by atoms with van der Waals surface area (Å²) >= 11 is 6.20. The van der Waals surface area contributed by atoms with Crippen LogP contribution in [0.2, 0.25) is 5.02 Å². The van der Waals surface area contributed by atoms with Crippen LogP contribution in [-0.4, -0.2) is 37.4 Å². The third-order valence-corrected chi connectivity index (χ3v) is 8.18. The number of anilines is 1. The van der Waals surface area contributed by atoms with Gasteiger partial charge in [0.1, 0.15) is 5.82 Å². The number of hydrogen-bond donors (Lipinski definition) is 1. The molecule has 0 bridgehead atoms. The summed E-state index contributed by atoms with van der Waals surface area (Å²) in [5.74, 6) is 0.255. The molecule has 2 aliphatic heterocycles. The van der Waals surface area contributed by atoms with E-state index in [1.807, 2.05) is 38.1 Å². The van der Waals surface area contributed by atoms with Crippen LogP contribution in [0.3, 0.4) is 0 Å². The third kappa shape index (κ3) is 5.42. The van der Waals surface area contributed by atoms with E-state index in [2.05, 4.69) is 0 Å². The fraction of sp³-hybridized carbons (Fsp3) is 0.406. The summed E-state index contributed by atoms with van der Waals surface area (Å²) in [6, 6.07) is 15.2. The number of fused-ring (bicyclic) bond motifs is 1. The molecule has 0 saturated carbocycles. The highest BCUT2D eigenvalue weighted by Gasteiger charge is 2.39. The molecule has 0 unspecified atom stereocenters. The second kappa shape index (κ2) is 11.4. The number of hydrogen-bond acceptors (Lipinski definition) is 5. The van der Waals surface area contributed by atoms with E-state index < -0.39 is 17.5 Å². The Hall–Kier alpha value is -3.13. The lowest BCUT2D eigenvalue weighted by Gasteiger charge is -2.39. The first-order valence-corrected chi connectivity index (χ1v) is 14.0. The van der Waals surface area contributed by atoms with Gasteiger partial charge in [0, 0.05) is 29.5 Å². The van der Waals surface area contributed by atoms with Crippen molar-refractivity contribution in [3.05, 3.63) is 87.7 Å². The van der Waals surface area contributed by atoms with Gasteiger partial charge in [-0.1, -0.05) is 29.8 Å². The molecular formula is C32H35ClFNO5. The van der Waals surface area contributed by atoms with E-state index in [4.69, 9.17) is 25.8 Å². The topological polar surface area (TPSA) is 68.2 Å². The molecule has 0 aliphatic carbocycles. The van der Waals surface area contributed by atoms with E-state index in [1.165, 1.54) is 6.07 Å². The minimum Gasteiger partial charge on any atom is -0.493 e. The van der Waals surface area contributed by atoms with E-state index in [0.717, 1.165) is 16.7 Å². The number of carbonyl (C=O) groups is 1. The van der Waals surface area contributed by atoms with Crippen molar-refractivity contribution < 1.29 is 28.5 Å². The van der Waals surface area contributed by atoms with Crippen molar-refractivity contribution in [2.45, 2.75) is 57.8 Å². The number of carbonyl (C=O) groups excluding carboxylic acids is 1.